The van der Waals surface area contributed by atoms with Crippen molar-refractivity contribution < 1.29 is 9.84 Å². The van der Waals surface area contributed by atoms with Gasteiger partial charge in [-0.1, -0.05) is 19.1 Å². The van der Waals surface area contributed by atoms with Crippen LogP contribution < -0.4 is 10.1 Å². The lowest BCUT2D eigenvalue weighted by Gasteiger charge is -2.10. The highest BCUT2D eigenvalue weighted by Gasteiger charge is 2.15. The molecule has 1 heterocycles. The lowest BCUT2D eigenvalue weighted by Crippen LogP contribution is -2.14. The average Bonchev–Trinajstić information content (AvgIpc) is 2.75. The normalized spacial score (nSPS) is 10.9. The number of benzene rings is 1. The first-order valence-corrected chi connectivity index (χ1v) is 7.26. The molecule has 0 amide bonds. The third kappa shape index (κ3) is 3.83. The van der Waals surface area contributed by atoms with Crippen molar-refractivity contribution >= 4 is 0 Å². The molecule has 1 aromatic carbocycles. The highest BCUT2D eigenvalue weighted by Crippen LogP contribution is 2.27. The second kappa shape index (κ2) is 7.24. The van der Waals surface area contributed by atoms with Gasteiger partial charge in [-0.05, 0) is 37.6 Å². The van der Waals surface area contributed by atoms with Gasteiger partial charge in [0.25, 0.3) is 0 Å². The van der Waals surface area contributed by atoms with Crippen molar-refractivity contribution in [2.24, 2.45) is 7.05 Å². The number of aromatic nitrogens is 2. The molecule has 1 aromatic heterocycles. The molecular weight excluding hydrogens is 266 g/mol. The zero-order valence-electron chi connectivity index (χ0n) is 12.9. The summed E-state index contributed by atoms with van der Waals surface area (Å²) in [6.07, 6.45) is 1.10. The molecule has 0 fully saturated rings. The van der Waals surface area contributed by atoms with Gasteiger partial charge in [0.15, 0.2) is 0 Å². The Hall–Kier alpha value is -1.85. The van der Waals surface area contributed by atoms with Crippen LogP contribution in [0.2, 0.25) is 0 Å². The van der Waals surface area contributed by atoms with E-state index < -0.39 is 0 Å². The van der Waals surface area contributed by atoms with Gasteiger partial charge in [0.2, 0.25) is 5.88 Å². The van der Waals surface area contributed by atoms with Crippen LogP contribution in [-0.2, 0) is 20.2 Å². The van der Waals surface area contributed by atoms with Gasteiger partial charge in [0, 0.05) is 13.6 Å². The largest absolute Gasteiger partial charge is 0.439 e. The molecule has 2 N–H and O–H groups in total. The van der Waals surface area contributed by atoms with E-state index in [1.807, 2.05) is 38.2 Å². The summed E-state index contributed by atoms with van der Waals surface area (Å²) in [6, 6.07) is 7.43. The summed E-state index contributed by atoms with van der Waals surface area (Å²) < 4.78 is 7.73. The zero-order valence-corrected chi connectivity index (χ0v) is 12.9. The van der Waals surface area contributed by atoms with Crippen LogP contribution in [0.5, 0.6) is 11.6 Å². The van der Waals surface area contributed by atoms with Crippen LogP contribution in [0.4, 0.5) is 0 Å². The van der Waals surface area contributed by atoms with Crippen molar-refractivity contribution in [1.82, 2.24) is 15.1 Å². The van der Waals surface area contributed by atoms with E-state index in [1.165, 1.54) is 0 Å². The Morgan fingerprint density at radius 1 is 1.29 bits per heavy atom. The fraction of sp³-hybridized carbons (Fsp3) is 0.438. The summed E-state index contributed by atoms with van der Waals surface area (Å²) in [4.78, 5) is 0. The molecule has 21 heavy (non-hydrogen) atoms. The van der Waals surface area contributed by atoms with E-state index in [0.29, 0.717) is 0 Å². The van der Waals surface area contributed by atoms with Gasteiger partial charge >= 0.3 is 0 Å². The van der Waals surface area contributed by atoms with Crippen molar-refractivity contribution in [3.63, 3.8) is 0 Å². The Bertz CT molecular complexity index is 576. The maximum atomic E-state index is 9.07. The molecule has 0 radical (unpaired) electrons. The van der Waals surface area contributed by atoms with Gasteiger partial charge in [-0.25, -0.2) is 4.68 Å². The molecule has 0 aliphatic rings. The van der Waals surface area contributed by atoms with Crippen LogP contribution in [0.15, 0.2) is 24.3 Å². The van der Waals surface area contributed by atoms with Gasteiger partial charge < -0.3 is 15.2 Å². The lowest BCUT2D eigenvalue weighted by molar-refractivity contribution is 0.281. The van der Waals surface area contributed by atoms with Crippen molar-refractivity contribution in [1.29, 1.82) is 0 Å². The summed E-state index contributed by atoms with van der Waals surface area (Å²) in [5.74, 6) is 1.50. The fourth-order valence-corrected chi connectivity index (χ4v) is 2.18. The number of rotatable bonds is 7. The zero-order chi connectivity index (χ0) is 15.2. The van der Waals surface area contributed by atoms with Crippen LogP contribution in [0.1, 0.15) is 30.2 Å². The van der Waals surface area contributed by atoms with Gasteiger partial charge in [0.05, 0.1) is 17.9 Å². The molecule has 5 heteroatoms. The first-order chi connectivity index (χ1) is 10.2. The molecule has 0 atom stereocenters. The van der Waals surface area contributed by atoms with E-state index >= 15 is 0 Å². The first kappa shape index (κ1) is 15.5. The monoisotopic (exact) mass is 289 g/mol. The number of ether oxygens (including phenoxy) is 1. The van der Waals surface area contributed by atoms with E-state index in [9.17, 15) is 0 Å². The van der Waals surface area contributed by atoms with Crippen LogP contribution in [0, 0.1) is 6.92 Å². The molecule has 114 valence electrons. The second-order valence-corrected chi connectivity index (χ2v) is 5.07. The maximum Gasteiger partial charge on any atom is 0.222 e. The minimum absolute atomic E-state index is 0.0390. The molecule has 2 rings (SSSR count). The van der Waals surface area contributed by atoms with Crippen LogP contribution in [0.3, 0.4) is 0 Å². The summed E-state index contributed by atoms with van der Waals surface area (Å²) in [5.41, 5.74) is 2.92. The predicted octanol–water partition coefficient (Wildman–Crippen LogP) is 2.51. The van der Waals surface area contributed by atoms with Gasteiger partial charge in [-0.15, -0.1) is 0 Å². The molecule has 2 aromatic rings. The van der Waals surface area contributed by atoms with Crippen LogP contribution in [0.25, 0.3) is 0 Å². The molecule has 0 saturated heterocycles. The van der Waals surface area contributed by atoms with Crippen molar-refractivity contribution in [2.45, 2.75) is 33.4 Å². The SMILES string of the molecule is CCCNCc1c(C)nn(C)c1Oc1ccc(CO)cc1. The van der Waals surface area contributed by atoms with E-state index in [2.05, 4.69) is 17.3 Å². The number of aryl methyl sites for hydroxylation is 2. The molecule has 0 aliphatic carbocycles. The van der Waals surface area contributed by atoms with E-state index in [1.54, 1.807) is 4.68 Å². The number of nitrogens with zero attached hydrogens (tertiary/aromatic N) is 2. The third-order valence-electron chi connectivity index (χ3n) is 3.34. The first-order valence-electron chi connectivity index (χ1n) is 7.26. The van der Waals surface area contributed by atoms with Crippen molar-refractivity contribution in [2.75, 3.05) is 6.54 Å². The van der Waals surface area contributed by atoms with Crippen molar-refractivity contribution in [3.8, 4) is 11.6 Å². The predicted molar refractivity (Wildman–Crippen MR) is 82.4 cm³/mol. The highest BCUT2D eigenvalue weighted by atomic mass is 16.5. The Kier molecular flexibility index (Phi) is 5.36. The highest BCUT2D eigenvalue weighted by molar-refractivity contribution is 5.36. The lowest BCUT2D eigenvalue weighted by atomic mass is 10.2. The Morgan fingerprint density at radius 3 is 2.62 bits per heavy atom. The van der Waals surface area contributed by atoms with Crippen LogP contribution >= 0.6 is 0 Å². The smallest absolute Gasteiger partial charge is 0.222 e. The minimum atomic E-state index is 0.0390. The van der Waals surface area contributed by atoms with E-state index in [4.69, 9.17) is 9.84 Å². The molecule has 0 spiro atoms. The summed E-state index contributed by atoms with van der Waals surface area (Å²) in [6.45, 7) is 5.89. The molecule has 5 nitrogen and oxygen atoms in total. The molecule has 0 bridgehead atoms. The standard InChI is InChI=1S/C16H23N3O2/c1-4-9-17-10-15-12(2)18-19(3)16(15)21-14-7-5-13(11-20)6-8-14/h5-8,17,20H,4,9-11H2,1-3H3. The van der Waals surface area contributed by atoms with E-state index in [0.717, 1.165) is 48.0 Å². The molecule has 0 unspecified atom stereocenters. The Balaban J connectivity index is 2.17. The summed E-state index contributed by atoms with van der Waals surface area (Å²) in [5, 5.41) is 16.9. The Morgan fingerprint density at radius 2 is 2.00 bits per heavy atom. The van der Waals surface area contributed by atoms with Gasteiger partial charge in [-0.2, -0.15) is 5.10 Å². The fourth-order valence-electron chi connectivity index (χ4n) is 2.18. The van der Waals surface area contributed by atoms with E-state index in [-0.39, 0.29) is 6.61 Å². The summed E-state index contributed by atoms with van der Waals surface area (Å²) in [7, 11) is 1.88. The molecule has 0 aliphatic heterocycles. The number of hydrogen-bond acceptors (Lipinski definition) is 4. The van der Waals surface area contributed by atoms with Crippen LogP contribution in [-0.4, -0.2) is 21.4 Å². The van der Waals surface area contributed by atoms with Gasteiger partial charge in [-0.3, -0.25) is 0 Å². The molecular formula is C16H23N3O2. The number of aliphatic hydroxyl groups excluding tert-OH is 1. The number of nitrogens with one attached hydrogen (secondary N) is 1. The van der Waals surface area contributed by atoms with Crippen molar-refractivity contribution in [3.05, 3.63) is 41.1 Å². The number of hydrogen-bond donors (Lipinski definition) is 2. The molecule has 0 saturated carbocycles. The minimum Gasteiger partial charge on any atom is -0.439 e. The van der Waals surface area contributed by atoms with Gasteiger partial charge in [0.1, 0.15) is 5.75 Å². The topological polar surface area (TPSA) is 59.3 Å². The second-order valence-electron chi connectivity index (χ2n) is 5.07. The quantitative estimate of drug-likeness (QED) is 0.769. The maximum absolute atomic E-state index is 9.07. The third-order valence-corrected chi connectivity index (χ3v) is 3.34. The number of aliphatic hydroxyl groups is 1. The summed E-state index contributed by atoms with van der Waals surface area (Å²) >= 11 is 0. The average molecular weight is 289 g/mol. The Labute approximate surface area is 125 Å².